The lowest BCUT2D eigenvalue weighted by Gasteiger charge is -2.13. The van der Waals surface area contributed by atoms with Crippen molar-refractivity contribution in [1.82, 2.24) is 10.6 Å². The van der Waals surface area contributed by atoms with Gasteiger partial charge in [0.15, 0.2) is 0 Å². The van der Waals surface area contributed by atoms with E-state index in [1.165, 1.54) is 18.2 Å². The number of urea groups is 1. The third-order valence-corrected chi connectivity index (χ3v) is 2.16. The van der Waals surface area contributed by atoms with Crippen molar-refractivity contribution >= 4 is 12.0 Å². The molecule has 0 aliphatic rings. The molecule has 0 spiro atoms. The minimum absolute atomic E-state index is 0.0968. The number of rotatable bonds is 4. The van der Waals surface area contributed by atoms with Crippen LogP contribution in [0.3, 0.4) is 0 Å². The van der Waals surface area contributed by atoms with Crippen LogP contribution in [0.25, 0.3) is 0 Å². The van der Waals surface area contributed by atoms with Gasteiger partial charge in [0, 0.05) is 6.54 Å². The summed E-state index contributed by atoms with van der Waals surface area (Å²) < 4.78 is 37.9. The molecular formula is C11H11F3N2O3. The van der Waals surface area contributed by atoms with E-state index in [1.807, 2.05) is 5.32 Å². The normalized spacial score (nSPS) is 10.9. The van der Waals surface area contributed by atoms with Gasteiger partial charge in [-0.25, -0.2) is 4.79 Å². The van der Waals surface area contributed by atoms with Crippen molar-refractivity contribution in [2.24, 2.45) is 0 Å². The molecule has 2 amide bonds. The Hall–Kier alpha value is -2.25. The van der Waals surface area contributed by atoms with Crippen molar-refractivity contribution in [3.63, 3.8) is 0 Å². The van der Waals surface area contributed by atoms with Gasteiger partial charge in [-0.2, -0.15) is 13.2 Å². The van der Waals surface area contributed by atoms with Gasteiger partial charge in [0.25, 0.3) is 0 Å². The van der Waals surface area contributed by atoms with E-state index in [-0.39, 0.29) is 12.1 Å². The SMILES string of the molecule is O=C(O)CNC(=O)NCc1ccccc1C(F)(F)F. The fraction of sp³-hybridized carbons (Fsp3) is 0.273. The maximum atomic E-state index is 12.6. The number of aliphatic carboxylic acids is 1. The van der Waals surface area contributed by atoms with E-state index in [0.717, 1.165) is 6.07 Å². The number of benzene rings is 1. The van der Waals surface area contributed by atoms with Gasteiger partial charge in [0.1, 0.15) is 6.54 Å². The van der Waals surface area contributed by atoms with Gasteiger partial charge >= 0.3 is 18.2 Å². The highest BCUT2D eigenvalue weighted by Crippen LogP contribution is 2.31. The summed E-state index contributed by atoms with van der Waals surface area (Å²) in [7, 11) is 0. The monoisotopic (exact) mass is 276 g/mol. The fourth-order valence-corrected chi connectivity index (χ4v) is 1.34. The lowest BCUT2D eigenvalue weighted by Crippen LogP contribution is -2.38. The van der Waals surface area contributed by atoms with Crippen LogP contribution in [-0.4, -0.2) is 23.7 Å². The Morgan fingerprint density at radius 3 is 2.37 bits per heavy atom. The minimum Gasteiger partial charge on any atom is -0.480 e. The first-order valence-corrected chi connectivity index (χ1v) is 5.19. The first-order chi connectivity index (χ1) is 8.80. The van der Waals surface area contributed by atoms with Gasteiger partial charge in [-0.1, -0.05) is 18.2 Å². The molecule has 1 aromatic carbocycles. The molecule has 19 heavy (non-hydrogen) atoms. The standard InChI is InChI=1S/C11H11F3N2O3/c12-11(13,14)8-4-2-1-3-7(8)5-15-10(19)16-6-9(17)18/h1-4H,5-6H2,(H,17,18)(H2,15,16,19). The molecule has 0 aliphatic carbocycles. The molecule has 3 N–H and O–H groups in total. The maximum absolute atomic E-state index is 12.6. The quantitative estimate of drug-likeness (QED) is 0.781. The summed E-state index contributed by atoms with van der Waals surface area (Å²) in [6.45, 7) is -0.951. The molecule has 1 aromatic rings. The zero-order valence-electron chi connectivity index (χ0n) is 9.62. The number of carbonyl (C=O) groups excluding carboxylic acids is 1. The van der Waals surface area contributed by atoms with Gasteiger partial charge in [-0.05, 0) is 11.6 Å². The number of hydrogen-bond donors (Lipinski definition) is 3. The first kappa shape index (κ1) is 14.8. The summed E-state index contributed by atoms with van der Waals surface area (Å²) in [6.07, 6.45) is -4.50. The second kappa shape index (κ2) is 6.07. The molecule has 0 fully saturated rings. The molecule has 1 rings (SSSR count). The molecule has 0 unspecified atom stereocenters. The molecule has 104 valence electrons. The molecule has 0 saturated carbocycles. The van der Waals surface area contributed by atoms with Crippen molar-refractivity contribution in [2.45, 2.75) is 12.7 Å². The van der Waals surface area contributed by atoms with Crippen molar-refractivity contribution < 1.29 is 27.9 Å². The van der Waals surface area contributed by atoms with E-state index in [0.29, 0.717) is 0 Å². The zero-order valence-corrected chi connectivity index (χ0v) is 9.62. The van der Waals surface area contributed by atoms with Crippen LogP contribution >= 0.6 is 0 Å². The van der Waals surface area contributed by atoms with Crippen LogP contribution in [0.5, 0.6) is 0 Å². The Balaban J connectivity index is 2.63. The molecule has 0 heterocycles. The smallest absolute Gasteiger partial charge is 0.416 e. The number of nitrogens with one attached hydrogen (secondary N) is 2. The molecule has 0 saturated heterocycles. The third-order valence-electron chi connectivity index (χ3n) is 2.16. The van der Waals surface area contributed by atoms with E-state index in [2.05, 4.69) is 5.32 Å². The molecule has 0 radical (unpaired) electrons. The largest absolute Gasteiger partial charge is 0.480 e. The Kier molecular flexibility index (Phi) is 4.74. The number of carboxylic acids is 1. The van der Waals surface area contributed by atoms with E-state index in [4.69, 9.17) is 5.11 Å². The second-order valence-electron chi connectivity index (χ2n) is 3.58. The van der Waals surface area contributed by atoms with Crippen LogP contribution in [0, 0.1) is 0 Å². The predicted molar refractivity (Wildman–Crippen MR) is 59.3 cm³/mol. The molecule has 0 bridgehead atoms. The third kappa shape index (κ3) is 4.86. The van der Waals surface area contributed by atoms with Gasteiger partial charge in [0.2, 0.25) is 0 Å². The van der Waals surface area contributed by atoms with Crippen molar-refractivity contribution in [1.29, 1.82) is 0 Å². The van der Waals surface area contributed by atoms with Crippen molar-refractivity contribution in [3.8, 4) is 0 Å². The average Bonchev–Trinajstić information content (AvgIpc) is 2.33. The van der Waals surface area contributed by atoms with E-state index >= 15 is 0 Å². The number of carboxylic acid groups (broad SMARTS) is 1. The Bertz CT molecular complexity index is 474. The van der Waals surface area contributed by atoms with Crippen LogP contribution in [-0.2, 0) is 17.5 Å². The topological polar surface area (TPSA) is 78.4 Å². The Labute approximate surface area is 106 Å². The zero-order chi connectivity index (χ0) is 14.5. The van der Waals surface area contributed by atoms with Crippen LogP contribution in [0.1, 0.15) is 11.1 Å². The maximum Gasteiger partial charge on any atom is 0.416 e. The van der Waals surface area contributed by atoms with E-state index in [1.54, 1.807) is 0 Å². The molecule has 0 atom stereocenters. The highest BCUT2D eigenvalue weighted by molar-refractivity contribution is 5.79. The Morgan fingerprint density at radius 1 is 1.16 bits per heavy atom. The fourth-order valence-electron chi connectivity index (χ4n) is 1.34. The molecule has 5 nitrogen and oxygen atoms in total. The van der Waals surface area contributed by atoms with Gasteiger partial charge in [-0.3, -0.25) is 4.79 Å². The highest BCUT2D eigenvalue weighted by atomic mass is 19.4. The Morgan fingerprint density at radius 2 is 1.79 bits per heavy atom. The van der Waals surface area contributed by atoms with E-state index in [9.17, 15) is 22.8 Å². The summed E-state index contributed by atoms with van der Waals surface area (Å²) >= 11 is 0. The number of halogens is 3. The van der Waals surface area contributed by atoms with Gasteiger partial charge < -0.3 is 15.7 Å². The minimum atomic E-state index is -4.50. The molecule has 0 aliphatic heterocycles. The summed E-state index contributed by atoms with van der Waals surface area (Å²) in [4.78, 5) is 21.3. The van der Waals surface area contributed by atoms with Gasteiger partial charge in [0.05, 0.1) is 5.56 Å². The predicted octanol–water partition coefficient (Wildman–Crippen LogP) is 1.59. The first-order valence-electron chi connectivity index (χ1n) is 5.19. The number of alkyl halides is 3. The molecule has 0 aromatic heterocycles. The summed E-state index contributed by atoms with van der Waals surface area (Å²) in [5.41, 5.74) is -0.936. The molecule has 8 heteroatoms. The lowest BCUT2D eigenvalue weighted by atomic mass is 10.1. The second-order valence-corrected chi connectivity index (χ2v) is 3.58. The van der Waals surface area contributed by atoms with Crippen LogP contribution in [0.2, 0.25) is 0 Å². The van der Waals surface area contributed by atoms with Crippen molar-refractivity contribution in [2.75, 3.05) is 6.54 Å². The van der Waals surface area contributed by atoms with Crippen LogP contribution in [0.4, 0.5) is 18.0 Å². The number of carbonyl (C=O) groups is 2. The van der Waals surface area contributed by atoms with Crippen LogP contribution < -0.4 is 10.6 Å². The number of hydrogen-bond acceptors (Lipinski definition) is 2. The molecular weight excluding hydrogens is 265 g/mol. The summed E-state index contributed by atoms with van der Waals surface area (Å²) in [6, 6.07) is 3.96. The van der Waals surface area contributed by atoms with Crippen molar-refractivity contribution in [3.05, 3.63) is 35.4 Å². The lowest BCUT2D eigenvalue weighted by molar-refractivity contribution is -0.138. The average molecular weight is 276 g/mol. The summed E-state index contributed by atoms with van der Waals surface area (Å²) in [5.74, 6) is -1.24. The van der Waals surface area contributed by atoms with Crippen LogP contribution in [0.15, 0.2) is 24.3 Å². The van der Waals surface area contributed by atoms with Gasteiger partial charge in [-0.15, -0.1) is 0 Å². The number of amides is 2. The highest BCUT2D eigenvalue weighted by Gasteiger charge is 2.32. The summed E-state index contributed by atoms with van der Waals surface area (Å²) in [5, 5.41) is 12.4. The van der Waals surface area contributed by atoms with E-state index < -0.39 is 30.3 Å².